The second-order valence-corrected chi connectivity index (χ2v) is 6.58. The maximum atomic E-state index is 5.33. The van der Waals surface area contributed by atoms with Gasteiger partial charge in [0.2, 0.25) is 0 Å². The predicted octanol–water partition coefficient (Wildman–Crippen LogP) is 1.68. The highest BCUT2D eigenvalue weighted by atomic mass is 28.4. The fourth-order valence-electron chi connectivity index (χ4n) is 1.31. The fourth-order valence-corrected chi connectivity index (χ4v) is 2.34. The fraction of sp³-hybridized carbons (Fsp3) is 0.455. The monoisotopic (exact) mass is 225 g/mol. The molecule has 0 aromatic heterocycles. The van der Waals surface area contributed by atoms with E-state index in [9.17, 15) is 0 Å². The van der Waals surface area contributed by atoms with E-state index in [-0.39, 0.29) is 0 Å². The molecule has 0 spiro atoms. The molecule has 3 nitrogen and oxygen atoms in total. The highest BCUT2D eigenvalue weighted by Crippen LogP contribution is 2.01. The Morgan fingerprint density at radius 2 is 1.73 bits per heavy atom. The summed E-state index contributed by atoms with van der Waals surface area (Å²) >= 11 is 0. The van der Waals surface area contributed by atoms with Gasteiger partial charge in [0.25, 0.3) is 0 Å². The molecule has 0 aliphatic carbocycles. The van der Waals surface area contributed by atoms with Gasteiger partial charge in [0.05, 0.1) is 0 Å². The molecule has 0 bridgehead atoms. The van der Waals surface area contributed by atoms with E-state index in [1.165, 1.54) is 5.56 Å². The third-order valence-electron chi connectivity index (χ3n) is 2.48. The molecule has 1 rings (SSSR count). The predicted molar refractivity (Wildman–Crippen MR) is 63.8 cm³/mol. The Balaban J connectivity index is 2.33. The minimum absolute atomic E-state index is 0.883. The summed E-state index contributed by atoms with van der Waals surface area (Å²) in [4.78, 5) is 3.34. The molecule has 0 saturated heterocycles. The number of rotatable bonds is 6. The summed E-state index contributed by atoms with van der Waals surface area (Å²) in [6.07, 6.45) is 0.996. The summed E-state index contributed by atoms with van der Waals surface area (Å²) in [7, 11) is 1.27. The molecule has 0 aliphatic rings. The number of nitrogens with one attached hydrogen (secondary N) is 1. The molecule has 0 heterocycles. The zero-order chi connectivity index (χ0) is 11.1. The second kappa shape index (κ2) is 6.02. The van der Waals surface area contributed by atoms with E-state index in [2.05, 4.69) is 29.2 Å². The summed E-state index contributed by atoms with van der Waals surface area (Å²) in [6.45, 7) is 2.88. The van der Waals surface area contributed by atoms with Crippen LogP contribution in [0.3, 0.4) is 0 Å². The average Bonchev–Trinajstić information content (AvgIpc) is 2.30. The Kier molecular flexibility index (Phi) is 4.97. The van der Waals surface area contributed by atoms with E-state index in [0.29, 0.717) is 0 Å². The summed E-state index contributed by atoms with van der Waals surface area (Å²) in [5.74, 6) is 0. The van der Waals surface area contributed by atoms with Gasteiger partial charge in [-0.3, -0.25) is 4.98 Å². The topological polar surface area (TPSA) is 30.5 Å². The largest absolute Gasteiger partial charge is 0.421 e. The molecule has 0 fully saturated rings. The Hall–Kier alpha value is -0.683. The van der Waals surface area contributed by atoms with E-state index < -0.39 is 8.72 Å². The van der Waals surface area contributed by atoms with Gasteiger partial charge in [0.1, 0.15) is 0 Å². The standard InChI is InChI=1S/C11H19NO2Si/c1-13-15(3,14-2)12-10-9-11-7-5-4-6-8-11/h4-8,12H,9-10H2,1-3H3. The van der Waals surface area contributed by atoms with Crippen LogP contribution in [0.5, 0.6) is 0 Å². The lowest BCUT2D eigenvalue weighted by Gasteiger charge is -2.23. The summed E-state index contributed by atoms with van der Waals surface area (Å²) < 4.78 is 10.7. The second-order valence-electron chi connectivity index (χ2n) is 3.52. The van der Waals surface area contributed by atoms with Gasteiger partial charge in [0, 0.05) is 14.2 Å². The SMILES string of the molecule is CO[Si](C)(NCCc1ccccc1)OC. The molecule has 0 aliphatic heterocycles. The third-order valence-corrected chi connectivity index (χ3v) is 4.93. The lowest BCUT2D eigenvalue weighted by atomic mass is 10.2. The van der Waals surface area contributed by atoms with Gasteiger partial charge in [-0.05, 0) is 25.1 Å². The summed E-state index contributed by atoms with van der Waals surface area (Å²) in [5, 5.41) is 0. The quantitative estimate of drug-likeness (QED) is 0.747. The van der Waals surface area contributed by atoms with Crippen molar-refractivity contribution in [1.29, 1.82) is 0 Å². The normalized spacial score (nSPS) is 11.7. The zero-order valence-corrected chi connectivity index (χ0v) is 10.6. The van der Waals surface area contributed by atoms with Crippen molar-refractivity contribution in [2.24, 2.45) is 0 Å². The maximum absolute atomic E-state index is 5.33. The van der Waals surface area contributed by atoms with Crippen LogP contribution in [0.15, 0.2) is 30.3 Å². The molecule has 0 saturated carbocycles. The van der Waals surface area contributed by atoms with Crippen LogP contribution in [0.4, 0.5) is 0 Å². The summed E-state index contributed by atoms with van der Waals surface area (Å²) in [6, 6.07) is 10.4. The van der Waals surface area contributed by atoms with E-state index in [0.717, 1.165) is 13.0 Å². The lowest BCUT2D eigenvalue weighted by Crippen LogP contribution is -2.52. The average molecular weight is 225 g/mol. The van der Waals surface area contributed by atoms with E-state index in [1.807, 2.05) is 12.6 Å². The number of benzene rings is 1. The van der Waals surface area contributed by atoms with Gasteiger partial charge < -0.3 is 8.85 Å². The van der Waals surface area contributed by atoms with Crippen molar-refractivity contribution in [3.05, 3.63) is 35.9 Å². The van der Waals surface area contributed by atoms with Crippen LogP contribution in [0, 0.1) is 0 Å². The van der Waals surface area contributed by atoms with Crippen molar-refractivity contribution >= 4 is 8.72 Å². The molecule has 84 valence electrons. The van der Waals surface area contributed by atoms with Crippen molar-refractivity contribution in [2.45, 2.75) is 13.0 Å². The van der Waals surface area contributed by atoms with Crippen LogP contribution in [0.25, 0.3) is 0 Å². The van der Waals surface area contributed by atoms with Crippen LogP contribution >= 0.6 is 0 Å². The van der Waals surface area contributed by atoms with Crippen LogP contribution in [-0.2, 0) is 15.3 Å². The first kappa shape index (κ1) is 12.4. The molecular formula is C11H19NO2Si. The first-order chi connectivity index (χ1) is 7.20. The van der Waals surface area contributed by atoms with Crippen LogP contribution in [-0.4, -0.2) is 29.5 Å². The first-order valence-electron chi connectivity index (χ1n) is 5.09. The minimum Gasteiger partial charge on any atom is -0.386 e. The van der Waals surface area contributed by atoms with Gasteiger partial charge in [-0.25, -0.2) is 0 Å². The van der Waals surface area contributed by atoms with Crippen molar-refractivity contribution < 1.29 is 8.85 Å². The highest BCUT2D eigenvalue weighted by Gasteiger charge is 2.28. The molecule has 0 amide bonds. The number of hydrogen-bond acceptors (Lipinski definition) is 3. The molecule has 1 N–H and O–H groups in total. The van der Waals surface area contributed by atoms with Gasteiger partial charge in [-0.15, -0.1) is 0 Å². The zero-order valence-electron chi connectivity index (χ0n) is 9.62. The molecular weight excluding hydrogens is 206 g/mol. The number of hydrogen-bond donors (Lipinski definition) is 1. The molecule has 4 heteroatoms. The van der Waals surface area contributed by atoms with Crippen LogP contribution < -0.4 is 4.98 Å². The smallest absolute Gasteiger partial charge is 0.386 e. The van der Waals surface area contributed by atoms with Gasteiger partial charge >= 0.3 is 8.72 Å². The van der Waals surface area contributed by atoms with Gasteiger partial charge in [-0.1, -0.05) is 30.3 Å². The van der Waals surface area contributed by atoms with Gasteiger partial charge in [0.15, 0.2) is 0 Å². The third kappa shape index (κ3) is 4.13. The maximum Gasteiger partial charge on any atom is 0.421 e. The molecule has 0 radical (unpaired) electrons. The van der Waals surface area contributed by atoms with Crippen LogP contribution in [0.1, 0.15) is 5.56 Å². The Morgan fingerprint density at radius 1 is 1.13 bits per heavy atom. The first-order valence-corrected chi connectivity index (χ1v) is 7.41. The Bertz CT molecular complexity index is 275. The molecule has 15 heavy (non-hydrogen) atoms. The van der Waals surface area contributed by atoms with E-state index in [1.54, 1.807) is 14.2 Å². The molecule has 0 unspecified atom stereocenters. The molecule has 1 aromatic rings. The van der Waals surface area contributed by atoms with E-state index >= 15 is 0 Å². The molecule has 1 aromatic carbocycles. The summed E-state index contributed by atoms with van der Waals surface area (Å²) in [5.41, 5.74) is 1.33. The van der Waals surface area contributed by atoms with Crippen molar-refractivity contribution in [2.75, 3.05) is 20.8 Å². The Morgan fingerprint density at radius 3 is 2.27 bits per heavy atom. The Labute approximate surface area is 92.7 Å². The van der Waals surface area contributed by atoms with Crippen molar-refractivity contribution in [3.63, 3.8) is 0 Å². The van der Waals surface area contributed by atoms with Gasteiger partial charge in [-0.2, -0.15) is 0 Å². The lowest BCUT2D eigenvalue weighted by molar-refractivity contribution is 0.236. The minimum atomic E-state index is -2.10. The van der Waals surface area contributed by atoms with E-state index in [4.69, 9.17) is 8.85 Å². The van der Waals surface area contributed by atoms with Crippen molar-refractivity contribution in [3.8, 4) is 0 Å². The highest BCUT2D eigenvalue weighted by molar-refractivity contribution is 6.63. The molecule has 0 atom stereocenters. The van der Waals surface area contributed by atoms with Crippen molar-refractivity contribution in [1.82, 2.24) is 4.98 Å². The van der Waals surface area contributed by atoms with Crippen LogP contribution in [0.2, 0.25) is 6.55 Å².